The van der Waals surface area contributed by atoms with Gasteiger partial charge in [-0.2, -0.15) is 10.2 Å². The first-order valence-corrected chi connectivity index (χ1v) is 6.02. The highest BCUT2D eigenvalue weighted by Gasteiger charge is 2.41. The smallest absolute Gasteiger partial charge is 0.333 e. The van der Waals surface area contributed by atoms with E-state index in [-0.39, 0.29) is 5.92 Å². The molecule has 2 N–H and O–H groups in total. The van der Waals surface area contributed by atoms with Crippen LogP contribution in [0.2, 0.25) is 0 Å². The summed E-state index contributed by atoms with van der Waals surface area (Å²) in [7, 11) is 0. The Morgan fingerprint density at radius 3 is 1.72 bits per heavy atom. The zero-order valence-corrected chi connectivity index (χ0v) is 11.6. The zero-order chi connectivity index (χ0) is 14.6. The summed E-state index contributed by atoms with van der Waals surface area (Å²) < 4.78 is 0. The zero-order valence-electron chi connectivity index (χ0n) is 11.6. The quantitative estimate of drug-likeness (QED) is 0.685. The molecule has 0 saturated carbocycles. The molecule has 6 nitrogen and oxygen atoms in total. The SMILES string of the molecule is CCC(CC)C(C)(N=NC(C)(C)C(=O)O)C(=O)O. The third-order valence-corrected chi connectivity index (χ3v) is 3.24. The number of hydrogen-bond acceptors (Lipinski definition) is 4. The van der Waals surface area contributed by atoms with Crippen molar-refractivity contribution in [3.8, 4) is 0 Å². The number of azo groups is 1. The molecule has 0 aliphatic rings. The highest BCUT2D eigenvalue weighted by molar-refractivity contribution is 5.79. The van der Waals surface area contributed by atoms with Crippen molar-refractivity contribution >= 4 is 11.9 Å². The van der Waals surface area contributed by atoms with Crippen LogP contribution in [0.5, 0.6) is 0 Å². The molecule has 0 aromatic heterocycles. The number of aliphatic carboxylic acids is 2. The van der Waals surface area contributed by atoms with E-state index < -0.39 is 23.0 Å². The van der Waals surface area contributed by atoms with Crippen molar-refractivity contribution in [3.63, 3.8) is 0 Å². The topological polar surface area (TPSA) is 99.3 Å². The summed E-state index contributed by atoms with van der Waals surface area (Å²) in [6, 6.07) is 0. The highest BCUT2D eigenvalue weighted by atomic mass is 16.4. The summed E-state index contributed by atoms with van der Waals surface area (Å²) in [6.45, 7) is 8.01. The average Bonchev–Trinajstić information content (AvgIpc) is 2.27. The molecular formula is C12H22N2O4. The molecule has 0 heterocycles. The van der Waals surface area contributed by atoms with Crippen LogP contribution in [-0.4, -0.2) is 33.2 Å². The summed E-state index contributed by atoms with van der Waals surface area (Å²) in [5, 5.41) is 25.8. The summed E-state index contributed by atoms with van der Waals surface area (Å²) >= 11 is 0. The minimum Gasteiger partial charge on any atom is -0.479 e. The molecule has 0 spiro atoms. The van der Waals surface area contributed by atoms with Gasteiger partial charge in [0.2, 0.25) is 0 Å². The fraction of sp³-hybridized carbons (Fsp3) is 0.833. The van der Waals surface area contributed by atoms with E-state index in [4.69, 9.17) is 5.11 Å². The van der Waals surface area contributed by atoms with Crippen molar-refractivity contribution in [3.05, 3.63) is 0 Å². The predicted octanol–water partition coefficient (Wildman–Crippen LogP) is 2.58. The number of nitrogens with zero attached hydrogens (tertiary/aromatic N) is 2. The Balaban J connectivity index is 5.34. The van der Waals surface area contributed by atoms with Gasteiger partial charge in [-0.1, -0.05) is 26.7 Å². The van der Waals surface area contributed by atoms with Gasteiger partial charge in [-0.25, -0.2) is 9.59 Å². The molecule has 0 aliphatic heterocycles. The Morgan fingerprint density at radius 2 is 1.44 bits per heavy atom. The van der Waals surface area contributed by atoms with E-state index in [0.29, 0.717) is 12.8 Å². The van der Waals surface area contributed by atoms with Crippen LogP contribution >= 0.6 is 0 Å². The maximum Gasteiger partial charge on any atom is 0.333 e. The van der Waals surface area contributed by atoms with Crippen LogP contribution in [-0.2, 0) is 9.59 Å². The second-order valence-electron chi connectivity index (χ2n) is 5.03. The Labute approximate surface area is 107 Å². The van der Waals surface area contributed by atoms with E-state index in [1.54, 1.807) is 0 Å². The second kappa shape index (κ2) is 5.93. The molecule has 0 saturated heterocycles. The molecule has 6 heteroatoms. The first kappa shape index (κ1) is 16.5. The predicted molar refractivity (Wildman–Crippen MR) is 66.7 cm³/mol. The van der Waals surface area contributed by atoms with Gasteiger partial charge in [0, 0.05) is 0 Å². The molecule has 0 bridgehead atoms. The first-order valence-electron chi connectivity index (χ1n) is 6.02. The van der Waals surface area contributed by atoms with E-state index in [0.717, 1.165) is 0 Å². The van der Waals surface area contributed by atoms with Crippen LogP contribution in [0.25, 0.3) is 0 Å². The molecule has 104 valence electrons. The molecule has 1 unspecified atom stereocenters. The summed E-state index contributed by atoms with van der Waals surface area (Å²) in [5.41, 5.74) is -2.79. The Hall–Kier alpha value is -1.46. The van der Waals surface area contributed by atoms with Crippen molar-refractivity contribution in [2.45, 2.75) is 58.5 Å². The lowest BCUT2D eigenvalue weighted by molar-refractivity contribution is -0.146. The van der Waals surface area contributed by atoms with E-state index in [1.165, 1.54) is 20.8 Å². The van der Waals surface area contributed by atoms with Gasteiger partial charge >= 0.3 is 11.9 Å². The largest absolute Gasteiger partial charge is 0.479 e. The first-order chi connectivity index (χ1) is 8.11. The lowest BCUT2D eigenvalue weighted by atomic mass is 9.82. The number of carboxylic acids is 2. The van der Waals surface area contributed by atoms with Crippen molar-refractivity contribution in [1.82, 2.24) is 0 Å². The minimum absolute atomic E-state index is 0.177. The van der Waals surface area contributed by atoms with Crippen LogP contribution in [0.4, 0.5) is 0 Å². The van der Waals surface area contributed by atoms with Crippen LogP contribution in [0.3, 0.4) is 0 Å². The van der Waals surface area contributed by atoms with Crippen molar-refractivity contribution in [1.29, 1.82) is 0 Å². The Morgan fingerprint density at radius 1 is 1.00 bits per heavy atom. The fourth-order valence-electron chi connectivity index (χ4n) is 1.65. The fourth-order valence-corrected chi connectivity index (χ4v) is 1.65. The van der Waals surface area contributed by atoms with Gasteiger partial charge in [-0.05, 0) is 26.7 Å². The van der Waals surface area contributed by atoms with E-state index >= 15 is 0 Å². The van der Waals surface area contributed by atoms with Crippen LogP contribution in [0.1, 0.15) is 47.5 Å². The lowest BCUT2D eigenvalue weighted by Crippen LogP contribution is -2.41. The molecule has 0 fully saturated rings. The standard InChI is InChI=1S/C12H22N2O4/c1-6-8(7-2)12(5,10(17)18)14-13-11(3,4)9(15)16/h8H,6-7H2,1-5H3,(H,15,16)(H,17,18). The van der Waals surface area contributed by atoms with Gasteiger partial charge in [0.25, 0.3) is 0 Å². The average molecular weight is 258 g/mol. The number of rotatable bonds is 7. The molecule has 0 rings (SSSR count). The van der Waals surface area contributed by atoms with Gasteiger partial charge in [0.05, 0.1) is 0 Å². The monoisotopic (exact) mass is 258 g/mol. The second-order valence-corrected chi connectivity index (χ2v) is 5.03. The molecule has 0 radical (unpaired) electrons. The van der Waals surface area contributed by atoms with E-state index in [2.05, 4.69) is 10.2 Å². The molecular weight excluding hydrogens is 236 g/mol. The highest BCUT2D eigenvalue weighted by Crippen LogP contribution is 2.29. The van der Waals surface area contributed by atoms with Gasteiger partial charge < -0.3 is 10.2 Å². The molecule has 18 heavy (non-hydrogen) atoms. The van der Waals surface area contributed by atoms with Crippen molar-refractivity contribution in [2.75, 3.05) is 0 Å². The summed E-state index contributed by atoms with van der Waals surface area (Å²) in [4.78, 5) is 22.3. The summed E-state index contributed by atoms with van der Waals surface area (Å²) in [5.74, 6) is -2.40. The minimum atomic E-state index is -1.41. The lowest BCUT2D eigenvalue weighted by Gasteiger charge is -2.28. The molecule has 1 atom stereocenters. The van der Waals surface area contributed by atoms with Crippen molar-refractivity contribution in [2.24, 2.45) is 16.1 Å². The Bertz CT molecular complexity index is 348. The van der Waals surface area contributed by atoms with Crippen LogP contribution in [0.15, 0.2) is 10.2 Å². The molecule has 0 amide bonds. The third kappa shape index (κ3) is 3.51. The number of carbonyl (C=O) groups is 2. The van der Waals surface area contributed by atoms with Crippen LogP contribution in [0, 0.1) is 5.92 Å². The molecule has 0 aromatic rings. The maximum absolute atomic E-state index is 11.4. The van der Waals surface area contributed by atoms with Crippen LogP contribution < -0.4 is 0 Å². The third-order valence-electron chi connectivity index (χ3n) is 3.24. The van der Waals surface area contributed by atoms with Gasteiger partial charge in [-0.15, -0.1) is 0 Å². The van der Waals surface area contributed by atoms with E-state index in [1.807, 2.05) is 13.8 Å². The van der Waals surface area contributed by atoms with E-state index in [9.17, 15) is 14.7 Å². The molecule has 0 aliphatic carbocycles. The molecule has 0 aromatic carbocycles. The maximum atomic E-state index is 11.4. The Kier molecular flexibility index (Phi) is 5.45. The number of hydrogen-bond donors (Lipinski definition) is 2. The van der Waals surface area contributed by atoms with Gasteiger partial charge in [0.1, 0.15) is 0 Å². The summed E-state index contributed by atoms with van der Waals surface area (Å²) in [6.07, 6.45) is 1.29. The normalized spacial score (nSPS) is 15.9. The van der Waals surface area contributed by atoms with Crippen molar-refractivity contribution < 1.29 is 19.8 Å². The van der Waals surface area contributed by atoms with Gasteiger partial charge in [-0.3, -0.25) is 0 Å². The number of carboxylic acid groups (broad SMARTS) is 2. The van der Waals surface area contributed by atoms with Gasteiger partial charge in [0.15, 0.2) is 11.1 Å².